The summed E-state index contributed by atoms with van der Waals surface area (Å²) in [6.07, 6.45) is 1.52. The number of aliphatic hydroxyl groups excluding tert-OH is 1. The Bertz CT molecular complexity index is 380. The topological polar surface area (TPSA) is 102 Å². The predicted molar refractivity (Wildman–Crippen MR) is 76.5 cm³/mol. The van der Waals surface area contributed by atoms with Gasteiger partial charge < -0.3 is 19.3 Å². The molecular weight excluding hydrogens is 300 g/mol. The van der Waals surface area contributed by atoms with E-state index in [1.54, 1.807) is 0 Å². The van der Waals surface area contributed by atoms with Gasteiger partial charge in [-0.15, -0.1) is 0 Å². The molecule has 3 atom stereocenters. The molecule has 0 aromatic heterocycles. The van der Waals surface area contributed by atoms with E-state index in [-0.39, 0.29) is 17.8 Å². The molecule has 0 radical (unpaired) electrons. The molecule has 0 bridgehead atoms. The van der Waals surface area contributed by atoms with Gasteiger partial charge in [0.2, 0.25) is 0 Å². The van der Waals surface area contributed by atoms with E-state index in [1.807, 2.05) is 0 Å². The zero-order valence-corrected chi connectivity index (χ0v) is 13.4. The van der Waals surface area contributed by atoms with Gasteiger partial charge in [0.25, 0.3) is 10.1 Å². The zero-order valence-electron chi connectivity index (χ0n) is 12.6. The Morgan fingerprint density at radius 1 is 1.29 bits per heavy atom. The largest absolute Gasteiger partial charge is 0.390 e. The number of unbranched alkanes of at least 4 members (excludes halogenated alkanes) is 1. The smallest absolute Gasteiger partial charge is 0.264 e. The molecule has 3 unspecified atom stereocenters. The lowest BCUT2D eigenvalue weighted by Crippen LogP contribution is -2.45. The van der Waals surface area contributed by atoms with E-state index in [9.17, 15) is 13.5 Å². The molecule has 2 N–H and O–H groups in total. The van der Waals surface area contributed by atoms with Crippen molar-refractivity contribution < 1.29 is 32.3 Å². The minimum Gasteiger partial charge on any atom is -0.390 e. The summed E-state index contributed by atoms with van der Waals surface area (Å²) < 4.78 is 46.4. The Balaban J connectivity index is 2.59. The quantitative estimate of drug-likeness (QED) is 0.367. The fraction of sp³-hybridized carbons (Fsp3) is 1.00. The van der Waals surface area contributed by atoms with Crippen molar-refractivity contribution in [2.45, 2.75) is 50.6 Å². The first kappa shape index (κ1) is 18.8. The zero-order chi connectivity index (χ0) is 15.9. The maximum Gasteiger partial charge on any atom is 0.264 e. The van der Waals surface area contributed by atoms with Crippen LogP contribution in [0.1, 0.15) is 32.1 Å². The highest BCUT2D eigenvalue weighted by molar-refractivity contribution is 7.85. The van der Waals surface area contributed by atoms with Crippen LogP contribution >= 0.6 is 0 Å². The van der Waals surface area contributed by atoms with Crippen molar-refractivity contribution in [2.75, 3.05) is 26.6 Å². The molecule has 1 saturated heterocycles. The summed E-state index contributed by atoms with van der Waals surface area (Å²) in [7, 11) is -0.887. The van der Waals surface area contributed by atoms with E-state index >= 15 is 0 Å². The van der Waals surface area contributed by atoms with E-state index < -0.39 is 22.5 Å². The molecule has 21 heavy (non-hydrogen) atoms. The minimum atomic E-state index is -3.93. The summed E-state index contributed by atoms with van der Waals surface area (Å²) in [5, 5.41) is 10.1. The first-order valence-electron chi connectivity index (χ1n) is 7.19. The van der Waals surface area contributed by atoms with E-state index in [4.69, 9.17) is 18.8 Å². The highest BCUT2D eigenvalue weighted by Gasteiger charge is 2.36. The molecule has 0 aromatic carbocycles. The molecule has 0 aliphatic carbocycles. The summed E-state index contributed by atoms with van der Waals surface area (Å²) in [6.45, 7) is 0.587. The van der Waals surface area contributed by atoms with Crippen molar-refractivity contribution in [3.8, 4) is 0 Å². The van der Waals surface area contributed by atoms with Gasteiger partial charge in [0.05, 0.1) is 18.0 Å². The molecule has 1 fully saturated rings. The van der Waals surface area contributed by atoms with E-state index in [2.05, 4.69) is 0 Å². The van der Waals surface area contributed by atoms with Gasteiger partial charge in [0, 0.05) is 26.7 Å². The molecular formula is C13H26O7S. The second kappa shape index (κ2) is 9.02. The van der Waals surface area contributed by atoms with Crippen LogP contribution < -0.4 is 0 Å². The second-order valence-corrected chi connectivity index (χ2v) is 6.90. The molecule has 1 rings (SSSR count). The summed E-state index contributed by atoms with van der Waals surface area (Å²) in [5.41, 5.74) is 0. The van der Waals surface area contributed by atoms with E-state index in [0.29, 0.717) is 32.3 Å². The van der Waals surface area contributed by atoms with Crippen LogP contribution in [-0.4, -0.2) is 63.2 Å². The van der Waals surface area contributed by atoms with Crippen LogP contribution in [0.25, 0.3) is 0 Å². The van der Waals surface area contributed by atoms with Gasteiger partial charge in [-0.3, -0.25) is 4.55 Å². The van der Waals surface area contributed by atoms with Crippen LogP contribution in [0.5, 0.6) is 0 Å². The number of aliphatic hydroxyl groups is 1. The van der Waals surface area contributed by atoms with Crippen LogP contribution in [0.3, 0.4) is 0 Å². The summed E-state index contributed by atoms with van der Waals surface area (Å²) >= 11 is 0. The molecule has 0 saturated carbocycles. The first-order chi connectivity index (χ1) is 9.89. The van der Waals surface area contributed by atoms with Gasteiger partial charge in [-0.05, 0) is 25.7 Å². The Hall–Kier alpha value is -0.250. The number of hydrogen-bond donors (Lipinski definition) is 2. The van der Waals surface area contributed by atoms with E-state index in [0.717, 1.165) is 6.42 Å². The van der Waals surface area contributed by atoms with Crippen molar-refractivity contribution in [1.29, 1.82) is 0 Å². The number of ether oxygens (including phenoxy) is 3. The van der Waals surface area contributed by atoms with Crippen LogP contribution in [0, 0.1) is 5.92 Å². The van der Waals surface area contributed by atoms with Crippen LogP contribution in [0.2, 0.25) is 0 Å². The van der Waals surface area contributed by atoms with E-state index in [1.165, 1.54) is 14.2 Å². The Morgan fingerprint density at radius 2 is 1.95 bits per heavy atom. The molecule has 126 valence electrons. The minimum absolute atomic E-state index is 0.184. The highest BCUT2D eigenvalue weighted by Crippen LogP contribution is 2.29. The van der Waals surface area contributed by atoms with Crippen LogP contribution in [0.4, 0.5) is 0 Å². The normalized spacial score (nSPS) is 25.2. The van der Waals surface area contributed by atoms with Crippen molar-refractivity contribution in [3.05, 3.63) is 0 Å². The average molecular weight is 326 g/mol. The molecule has 1 aliphatic rings. The fourth-order valence-electron chi connectivity index (χ4n) is 2.76. The molecule has 1 aliphatic heterocycles. The Morgan fingerprint density at radius 3 is 2.48 bits per heavy atom. The summed E-state index contributed by atoms with van der Waals surface area (Å²) in [6, 6.07) is 0. The van der Waals surface area contributed by atoms with Crippen LogP contribution in [0.15, 0.2) is 0 Å². The Kier molecular flexibility index (Phi) is 8.07. The number of methoxy groups -OCH3 is 2. The van der Waals surface area contributed by atoms with Gasteiger partial charge in [-0.25, -0.2) is 0 Å². The van der Waals surface area contributed by atoms with Gasteiger partial charge in [-0.2, -0.15) is 8.42 Å². The maximum absolute atomic E-state index is 10.7. The molecule has 0 spiro atoms. The Labute approximate surface area is 126 Å². The van der Waals surface area contributed by atoms with Crippen molar-refractivity contribution in [3.63, 3.8) is 0 Å². The molecule has 7 nitrogen and oxygen atoms in total. The van der Waals surface area contributed by atoms with Crippen molar-refractivity contribution in [2.24, 2.45) is 5.92 Å². The average Bonchev–Trinajstić information content (AvgIpc) is 2.42. The highest BCUT2D eigenvalue weighted by atomic mass is 32.2. The lowest BCUT2D eigenvalue weighted by atomic mass is 9.88. The first-order valence-corrected chi connectivity index (χ1v) is 8.80. The third-order valence-electron chi connectivity index (χ3n) is 3.76. The van der Waals surface area contributed by atoms with Gasteiger partial charge >= 0.3 is 0 Å². The van der Waals surface area contributed by atoms with Crippen molar-refractivity contribution >= 4 is 10.1 Å². The SMILES string of the molecule is COC(OC)C(CCCCS(=O)(=O)O)C1OCCCC1O. The fourth-order valence-corrected chi connectivity index (χ4v) is 3.33. The van der Waals surface area contributed by atoms with Gasteiger partial charge in [-0.1, -0.05) is 6.42 Å². The lowest BCUT2D eigenvalue weighted by Gasteiger charge is -2.37. The maximum atomic E-state index is 10.7. The number of rotatable bonds is 9. The van der Waals surface area contributed by atoms with Crippen LogP contribution in [-0.2, 0) is 24.3 Å². The third kappa shape index (κ3) is 6.58. The van der Waals surface area contributed by atoms with Crippen molar-refractivity contribution in [1.82, 2.24) is 0 Å². The van der Waals surface area contributed by atoms with Gasteiger partial charge in [0.15, 0.2) is 6.29 Å². The monoisotopic (exact) mass is 326 g/mol. The number of hydrogen-bond acceptors (Lipinski definition) is 6. The summed E-state index contributed by atoms with van der Waals surface area (Å²) in [5.74, 6) is -0.449. The third-order valence-corrected chi connectivity index (χ3v) is 4.56. The summed E-state index contributed by atoms with van der Waals surface area (Å²) in [4.78, 5) is 0. The molecule has 0 amide bonds. The molecule has 1 heterocycles. The lowest BCUT2D eigenvalue weighted by molar-refractivity contribution is -0.198. The van der Waals surface area contributed by atoms with Gasteiger partial charge in [0.1, 0.15) is 0 Å². The predicted octanol–water partition coefficient (Wildman–Crippen LogP) is 0.819. The molecule has 8 heteroatoms. The standard InChI is InChI=1S/C13H26O7S/c1-18-13(19-2)10(6-3-4-9-21(15,16)17)12-11(14)7-5-8-20-12/h10-14H,3-9H2,1-2H3,(H,15,16,17). The second-order valence-electron chi connectivity index (χ2n) is 5.33. The molecule has 0 aromatic rings.